The van der Waals surface area contributed by atoms with E-state index in [1.165, 1.54) is 12.1 Å². The van der Waals surface area contributed by atoms with Gasteiger partial charge in [0.15, 0.2) is 0 Å². The van der Waals surface area contributed by atoms with Crippen molar-refractivity contribution in [3.05, 3.63) is 38.9 Å². The van der Waals surface area contributed by atoms with Gasteiger partial charge in [-0.15, -0.1) is 0 Å². The Hall–Kier alpha value is -1.17. The third-order valence-corrected chi connectivity index (χ3v) is 5.01. The first-order valence-electron chi connectivity index (χ1n) is 7.03. The molecule has 1 saturated carbocycles. The lowest BCUT2D eigenvalue weighted by Crippen LogP contribution is -2.44. The van der Waals surface area contributed by atoms with Crippen LogP contribution in [-0.4, -0.2) is 22.7 Å². The van der Waals surface area contributed by atoms with Crippen LogP contribution in [0.15, 0.2) is 18.2 Å². The summed E-state index contributed by atoms with van der Waals surface area (Å²) in [6, 6.07) is 4.52. The van der Waals surface area contributed by atoms with Crippen molar-refractivity contribution in [2.24, 2.45) is 16.6 Å². The highest BCUT2D eigenvalue weighted by atomic mass is 35.5. The topological polar surface area (TPSA) is 89.4 Å². The SMILES string of the molecule is CC1(C)CCC(CN)(Cc2cc(Cl)ccc2[N+](=O)[O-])C1O. The molecule has 0 bridgehead atoms. The lowest BCUT2D eigenvalue weighted by atomic mass is 9.74. The molecular weight excluding hydrogens is 292 g/mol. The van der Waals surface area contributed by atoms with Gasteiger partial charge in [0.2, 0.25) is 0 Å². The van der Waals surface area contributed by atoms with Crippen molar-refractivity contribution in [3.8, 4) is 0 Å². The highest BCUT2D eigenvalue weighted by Crippen LogP contribution is 2.51. The smallest absolute Gasteiger partial charge is 0.272 e. The first-order chi connectivity index (χ1) is 9.72. The minimum Gasteiger partial charge on any atom is -0.392 e. The van der Waals surface area contributed by atoms with E-state index in [1.807, 2.05) is 13.8 Å². The van der Waals surface area contributed by atoms with E-state index in [1.54, 1.807) is 6.07 Å². The first-order valence-corrected chi connectivity index (χ1v) is 7.41. The lowest BCUT2D eigenvalue weighted by molar-refractivity contribution is -0.385. The van der Waals surface area contributed by atoms with E-state index in [0.717, 1.165) is 12.8 Å². The number of rotatable bonds is 4. The summed E-state index contributed by atoms with van der Waals surface area (Å²) in [6.07, 6.45) is 1.38. The first kappa shape index (κ1) is 16.2. The Morgan fingerprint density at radius 1 is 1.48 bits per heavy atom. The number of nitro groups is 1. The Morgan fingerprint density at radius 3 is 2.62 bits per heavy atom. The fourth-order valence-corrected chi connectivity index (χ4v) is 3.59. The van der Waals surface area contributed by atoms with E-state index in [9.17, 15) is 15.2 Å². The number of hydrogen-bond acceptors (Lipinski definition) is 4. The zero-order valence-corrected chi connectivity index (χ0v) is 13.1. The number of nitrogens with two attached hydrogens (primary N) is 1. The zero-order valence-electron chi connectivity index (χ0n) is 12.3. The maximum absolute atomic E-state index is 11.2. The van der Waals surface area contributed by atoms with Crippen LogP contribution < -0.4 is 5.73 Å². The van der Waals surface area contributed by atoms with Gasteiger partial charge >= 0.3 is 0 Å². The van der Waals surface area contributed by atoms with Gasteiger partial charge in [-0.05, 0) is 36.8 Å². The predicted molar refractivity (Wildman–Crippen MR) is 82.3 cm³/mol. The fourth-order valence-electron chi connectivity index (χ4n) is 3.40. The van der Waals surface area contributed by atoms with Crippen LogP contribution in [0.5, 0.6) is 0 Å². The van der Waals surface area contributed by atoms with E-state index in [-0.39, 0.29) is 11.1 Å². The van der Waals surface area contributed by atoms with E-state index < -0.39 is 16.4 Å². The van der Waals surface area contributed by atoms with Gasteiger partial charge in [0.25, 0.3) is 5.69 Å². The Balaban J connectivity index is 2.40. The van der Waals surface area contributed by atoms with E-state index in [4.69, 9.17) is 17.3 Å². The molecule has 2 unspecified atom stereocenters. The van der Waals surface area contributed by atoms with E-state index in [0.29, 0.717) is 23.6 Å². The summed E-state index contributed by atoms with van der Waals surface area (Å²) in [6.45, 7) is 4.30. The van der Waals surface area contributed by atoms with Gasteiger partial charge in [-0.25, -0.2) is 0 Å². The molecule has 0 radical (unpaired) electrons. The van der Waals surface area contributed by atoms with Crippen LogP contribution in [0.25, 0.3) is 0 Å². The molecule has 0 saturated heterocycles. The molecule has 1 aliphatic carbocycles. The molecule has 6 heteroatoms. The monoisotopic (exact) mass is 312 g/mol. The van der Waals surface area contributed by atoms with Crippen LogP contribution >= 0.6 is 11.6 Å². The van der Waals surface area contributed by atoms with Crippen molar-refractivity contribution < 1.29 is 10.0 Å². The normalized spacial score (nSPS) is 27.8. The van der Waals surface area contributed by atoms with Crippen LogP contribution in [-0.2, 0) is 6.42 Å². The summed E-state index contributed by atoms with van der Waals surface area (Å²) in [4.78, 5) is 10.8. The van der Waals surface area contributed by atoms with Crippen molar-refractivity contribution in [2.75, 3.05) is 6.54 Å². The molecule has 3 N–H and O–H groups in total. The van der Waals surface area contributed by atoms with Crippen LogP contribution in [0.2, 0.25) is 5.02 Å². The third-order valence-electron chi connectivity index (χ3n) is 4.77. The number of benzene rings is 1. The minimum atomic E-state index is -0.589. The van der Waals surface area contributed by atoms with Gasteiger partial charge in [-0.3, -0.25) is 10.1 Å². The average molecular weight is 313 g/mol. The molecule has 5 nitrogen and oxygen atoms in total. The molecule has 0 aliphatic heterocycles. The number of aliphatic hydroxyl groups excluding tert-OH is 1. The summed E-state index contributed by atoms with van der Waals surface area (Å²) in [5.74, 6) is 0. The molecule has 1 aromatic carbocycles. The maximum Gasteiger partial charge on any atom is 0.272 e. The third kappa shape index (κ3) is 2.91. The van der Waals surface area contributed by atoms with Crippen LogP contribution in [0, 0.1) is 20.9 Å². The standard InChI is InChI=1S/C15H21ClN2O3/c1-14(2)5-6-15(9-17,13(14)19)8-10-7-11(16)3-4-12(10)18(20)21/h3-4,7,13,19H,5-6,8-9,17H2,1-2H3. The Bertz CT molecular complexity index is 562. The zero-order chi connectivity index (χ0) is 15.8. The molecule has 0 spiro atoms. The van der Waals surface area contributed by atoms with E-state index >= 15 is 0 Å². The average Bonchev–Trinajstić information content (AvgIpc) is 2.63. The van der Waals surface area contributed by atoms with Gasteiger partial charge in [0.1, 0.15) is 0 Å². The summed E-state index contributed by atoms with van der Waals surface area (Å²) in [7, 11) is 0. The molecule has 1 aliphatic rings. The number of nitrogens with zero attached hydrogens (tertiary/aromatic N) is 1. The molecule has 116 valence electrons. The summed E-state index contributed by atoms with van der Waals surface area (Å²) in [5.41, 5.74) is 5.74. The van der Waals surface area contributed by atoms with Crippen LogP contribution in [0.3, 0.4) is 0 Å². The van der Waals surface area contributed by atoms with Crippen molar-refractivity contribution in [2.45, 2.75) is 39.2 Å². The number of halogens is 1. The molecule has 1 fully saturated rings. The Kier molecular flexibility index (Phi) is 4.29. The van der Waals surface area contributed by atoms with Crippen LogP contribution in [0.1, 0.15) is 32.3 Å². The van der Waals surface area contributed by atoms with Crippen LogP contribution in [0.4, 0.5) is 5.69 Å². The fraction of sp³-hybridized carbons (Fsp3) is 0.600. The predicted octanol–water partition coefficient (Wildman–Crippen LogP) is 2.92. The molecule has 1 aromatic rings. The molecule has 0 aromatic heterocycles. The van der Waals surface area contributed by atoms with Crippen molar-refractivity contribution in [1.82, 2.24) is 0 Å². The Labute approximate surface area is 129 Å². The van der Waals surface area contributed by atoms with Gasteiger partial charge in [0.05, 0.1) is 11.0 Å². The highest BCUT2D eigenvalue weighted by Gasteiger charge is 2.51. The number of aliphatic hydroxyl groups is 1. The van der Waals surface area contributed by atoms with Crippen molar-refractivity contribution in [3.63, 3.8) is 0 Å². The molecule has 21 heavy (non-hydrogen) atoms. The Morgan fingerprint density at radius 2 is 2.14 bits per heavy atom. The van der Waals surface area contributed by atoms with Gasteiger partial charge in [-0.1, -0.05) is 25.4 Å². The largest absolute Gasteiger partial charge is 0.392 e. The van der Waals surface area contributed by atoms with Gasteiger partial charge in [0, 0.05) is 28.6 Å². The second kappa shape index (κ2) is 5.55. The van der Waals surface area contributed by atoms with Crippen molar-refractivity contribution in [1.29, 1.82) is 0 Å². The molecule has 2 atom stereocenters. The number of nitro benzene ring substituents is 1. The molecular formula is C15H21ClN2O3. The number of hydrogen-bond donors (Lipinski definition) is 2. The second-order valence-electron chi connectivity index (χ2n) is 6.66. The molecule has 0 heterocycles. The molecule has 0 amide bonds. The van der Waals surface area contributed by atoms with Crippen molar-refractivity contribution >= 4 is 17.3 Å². The van der Waals surface area contributed by atoms with E-state index in [2.05, 4.69) is 0 Å². The second-order valence-corrected chi connectivity index (χ2v) is 7.10. The quantitative estimate of drug-likeness (QED) is 0.660. The summed E-state index contributed by atoms with van der Waals surface area (Å²) in [5, 5.41) is 22.3. The lowest BCUT2D eigenvalue weighted by Gasteiger charge is -2.36. The summed E-state index contributed by atoms with van der Waals surface area (Å²) < 4.78 is 0. The summed E-state index contributed by atoms with van der Waals surface area (Å²) >= 11 is 5.97. The molecule has 2 rings (SSSR count). The maximum atomic E-state index is 11.2. The van der Waals surface area contributed by atoms with Gasteiger partial charge < -0.3 is 10.8 Å². The minimum absolute atomic E-state index is 0.0316. The highest BCUT2D eigenvalue weighted by molar-refractivity contribution is 6.30. The van der Waals surface area contributed by atoms with Gasteiger partial charge in [-0.2, -0.15) is 0 Å².